The van der Waals surface area contributed by atoms with E-state index in [1.54, 1.807) is 0 Å². The smallest absolute Gasteiger partial charge is 0.248 e. The minimum Gasteiger partial charge on any atom is -0.491 e. The fourth-order valence-corrected chi connectivity index (χ4v) is 2.62. The summed E-state index contributed by atoms with van der Waals surface area (Å²) in [5, 5.41) is 0. The lowest BCUT2D eigenvalue weighted by Crippen LogP contribution is -2.27. The maximum Gasteiger partial charge on any atom is 0.248 e. The number of halogens is 2. The summed E-state index contributed by atoms with van der Waals surface area (Å²) in [6.07, 6.45) is 1.04. The average molecular weight is 298 g/mol. The number of hydrogen-bond donors (Lipinski definition) is 0. The van der Waals surface area contributed by atoms with Gasteiger partial charge in [-0.25, -0.2) is 8.78 Å². The Morgan fingerprint density at radius 3 is 2.57 bits per heavy atom. The van der Waals surface area contributed by atoms with E-state index >= 15 is 0 Å². The molecule has 1 aliphatic carbocycles. The van der Waals surface area contributed by atoms with Gasteiger partial charge in [0, 0.05) is 25.1 Å². The highest BCUT2D eigenvalue weighted by molar-refractivity contribution is 5.29. The molecular formula is C16H24F2N2O. The molecule has 0 unspecified atom stereocenters. The van der Waals surface area contributed by atoms with Crippen LogP contribution in [-0.4, -0.2) is 36.5 Å². The lowest BCUT2D eigenvalue weighted by Gasteiger charge is -2.28. The molecule has 0 aliphatic heterocycles. The van der Waals surface area contributed by atoms with E-state index in [1.807, 2.05) is 38.1 Å². The zero-order valence-electron chi connectivity index (χ0n) is 13.0. The Morgan fingerprint density at radius 1 is 1.29 bits per heavy atom. The van der Waals surface area contributed by atoms with Gasteiger partial charge < -0.3 is 9.64 Å². The van der Waals surface area contributed by atoms with Crippen LogP contribution in [0.2, 0.25) is 0 Å². The van der Waals surface area contributed by atoms with E-state index in [2.05, 4.69) is 4.98 Å². The molecule has 0 saturated heterocycles. The normalized spacial score (nSPS) is 19.0. The van der Waals surface area contributed by atoms with Crippen LogP contribution >= 0.6 is 0 Å². The van der Waals surface area contributed by atoms with Crippen molar-refractivity contribution in [2.45, 2.75) is 45.1 Å². The van der Waals surface area contributed by atoms with Crippen molar-refractivity contribution in [2.75, 3.05) is 20.7 Å². The Hall–Kier alpha value is -1.23. The van der Waals surface area contributed by atoms with Crippen molar-refractivity contribution in [2.24, 2.45) is 5.92 Å². The van der Waals surface area contributed by atoms with Crippen LogP contribution in [0.15, 0.2) is 12.1 Å². The van der Waals surface area contributed by atoms with E-state index < -0.39 is 5.92 Å². The molecule has 118 valence electrons. The van der Waals surface area contributed by atoms with Gasteiger partial charge in [0.1, 0.15) is 5.75 Å². The van der Waals surface area contributed by atoms with Crippen molar-refractivity contribution >= 4 is 0 Å². The van der Waals surface area contributed by atoms with Crippen molar-refractivity contribution in [3.8, 4) is 5.75 Å². The van der Waals surface area contributed by atoms with Gasteiger partial charge in [-0.2, -0.15) is 0 Å². The predicted molar refractivity (Wildman–Crippen MR) is 78.8 cm³/mol. The van der Waals surface area contributed by atoms with Crippen LogP contribution < -0.4 is 4.74 Å². The summed E-state index contributed by atoms with van der Waals surface area (Å²) in [7, 11) is 3.97. The maximum absolute atomic E-state index is 13.1. The molecule has 1 aliphatic rings. The number of alkyl halides is 2. The zero-order valence-corrected chi connectivity index (χ0v) is 13.0. The SMILES string of the molecule is Cc1ccc(OCC2CCC(F)(F)CC2)c(CN(C)C)n1. The number of ether oxygens (including phenoxy) is 1. The fraction of sp³-hybridized carbons (Fsp3) is 0.688. The summed E-state index contributed by atoms with van der Waals surface area (Å²) in [4.78, 5) is 6.55. The number of aromatic nitrogens is 1. The maximum atomic E-state index is 13.1. The third-order valence-electron chi connectivity index (χ3n) is 3.85. The van der Waals surface area contributed by atoms with Gasteiger partial charge in [-0.3, -0.25) is 4.98 Å². The number of aryl methyl sites for hydroxylation is 1. The first kappa shape index (κ1) is 16.1. The summed E-state index contributed by atoms with van der Waals surface area (Å²) in [6, 6.07) is 3.85. The van der Waals surface area contributed by atoms with Crippen molar-refractivity contribution in [1.29, 1.82) is 0 Å². The summed E-state index contributed by atoms with van der Waals surface area (Å²) in [5.41, 5.74) is 1.86. The molecule has 1 heterocycles. The predicted octanol–water partition coefficient (Wildman–Crippen LogP) is 3.66. The molecule has 3 nitrogen and oxygen atoms in total. The van der Waals surface area contributed by atoms with Crippen molar-refractivity contribution in [3.05, 3.63) is 23.5 Å². The molecule has 1 saturated carbocycles. The van der Waals surface area contributed by atoms with Gasteiger partial charge in [0.05, 0.1) is 12.3 Å². The van der Waals surface area contributed by atoms with Gasteiger partial charge in [0.15, 0.2) is 0 Å². The highest BCUT2D eigenvalue weighted by Gasteiger charge is 2.35. The molecule has 0 atom stereocenters. The van der Waals surface area contributed by atoms with Gasteiger partial charge in [0.25, 0.3) is 0 Å². The van der Waals surface area contributed by atoms with Crippen LogP contribution in [0.5, 0.6) is 5.75 Å². The second-order valence-corrected chi connectivity index (χ2v) is 6.25. The lowest BCUT2D eigenvalue weighted by atomic mass is 9.87. The molecule has 1 aromatic heterocycles. The molecule has 2 rings (SSSR count). The minimum atomic E-state index is -2.47. The van der Waals surface area contributed by atoms with Crippen LogP contribution in [0.3, 0.4) is 0 Å². The summed E-state index contributed by atoms with van der Waals surface area (Å²) >= 11 is 0. The summed E-state index contributed by atoms with van der Waals surface area (Å²) in [5.74, 6) is -1.48. The van der Waals surface area contributed by atoms with Crippen LogP contribution in [0.25, 0.3) is 0 Å². The second kappa shape index (κ2) is 6.69. The van der Waals surface area contributed by atoms with Gasteiger partial charge in [-0.1, -0.05) is 0 Å². The minimum absolute atomic E-state index is 0.0161. The van der Waals surface area contributed by atoms with Gasteiger partial charge in [-0.15, -0.1) is 0 Å². The van der Waals surface area contributed by atoms with Gasteiger partial charge >= 0.3 is 0 Å². The number of hydrogen-bond acceptors (Lipinski definition) is 3. The number of pyridine rings is 1. The molecule has 0 bridgehead atoms. The van der Waals surface area contributed by atoms with Crippen LogP contribution in [-0.2, 0) is 6.54 Å². The molecule has 0 spiro atoms. The monoisotopic (exact) mass is 298 g/mol. The Labute approximate surface area is 125 Å². The molecule has 1 aromatic rings. The highest BCUT2D eigenvalue weighted by atomic mass is 19.3. The van der Waals surface area contributed by atoms with E-state index in [1.165, 1.54) is 0 Å². The van der Waals surface area contributed by atoms with Crippen LogP contribution in [0, 0.1) is 12.8 Å². The van der Waals surface area contributed by atoms with E-state index in [9.17, 15) is 8.78 Å². The Bertz CT molecular complexity index is 467. The topological polar surface area (TPSA) is 25.4 Å². The van der Waals surface area contributed by atoms with Crippen molar-refractivity contribution < 1.29 is 13.5 Å². The van der Waals surface area contributed by atoms with E-state index in [0.717, 1.165) is 17.1 Å². The quantitative estimate of drug-likeness (QED) is 0.829. The fourth-order valence-electron chi connectivity index (χ4n) is 2.62. The van der Waals surface area contributed by atoms with Gasteiger partial charge in [-0.05, 0) is 51.9 Å². The van der Waals surface area contributed by atoms with E-state index in [-0.39, 0.29) is 18.8 Å². The molecule has 0 aromatic carbocycles. The lowest BCUT2D eigenvalue weighted by molar-refractivity contribution is -0.0499. The molecule has 1 fully saturated rings. The zero-order chi connectivity index (χ0) is 15.5. The van der Waals surface area contributed by atoms with Crippen LogP contribution in [0.4, 0.5) is 8.78 Å². The molecule has 0 N–H and O–H groups in total. The first-order valence-corrected chi connectivity index (χ1v) is 7.47. The second-order valence-electron chi connectivity index (χ2n) is 6.25. The van der Waals surface area contributed by atoms with E-state index in [0.29, 0.717) is 26.0 Å². The first-order valence-electron chi connectivity index (χ1n) is 7.47. The molecular weight excluding hydrogens is 274 g/mol. The molecule has 5 heteroatoms. The Balaban J connectivity index is 1.94. The average Bonchev–Trinajstić information content (AvgIpc) is 2.38. The third kappa shape index (κ3) is 4.92. The number of nitrogens with zero attached hydrogens (tertiary/aromatic N) is 2. The summed E-state index contributed by atoms with van der Waals surface area (Å²) in [6.45, 7) is 3.16. The highest BCUT2D eigenvalue weighted by Crippen LogP contribution is 2.36. The van der Waals surface area contributed by atoms with Gasteiger partial charge in [0.2, 0.25) is 5.92 Å². The number of rotatable bonds is 5. The van der Waals surface area contributed by atoms with Crippen molar-refractivity contribution in [3.63, 3.8) is 0 Å². The largest absolute Gasteiger partial charge is 0.491 e. The van der Waals surface area contributed by atoms with E-state index in [4.69, 9.17) is 4.74 Å². The Morgan fingerprint density at radius 2 is 1.95 bits per heavy atom. The van der Waals surface area contributed by atoms with Crippen molar-refractivity contribution in [1.82, 2.24) is 9.88 Å². The summed E-state index contributed by atoms with van der Waals surface area (Å²) < 4.78 is 32.1. The molecule has 0 radical (unpaired) electrons. The molecule has 21 heavy (non-hydrogen) atoms. The van der Waals surface area contributed by atoms with Crippen LogP contribution in [0.1, 0.15) is 37.1 Å². The Kier molecular flexibility index (Phi) is 5.14. The third-order valence-corrected chi connectivity index (χ3v) is 3.85. The first-order chi connectivity index (χ1) is 9.85. The molecule has 0 amide bonds. The standard InChI is InChI=1S/C16H24F2N2O/c1-12-4-5-15(14(19-12)10-20(2)3)21-11-13-6-8-16(17,18)9-7-13/h4-5,13H,6-11H2,1-3H3.